The van der Waals surface area contributed by atoms with Crippen LogP contribution in [0.3, 0.4) is 0 Å². The van der Waals surface area contributed by atoms with Gasteiger partial charge in [0.15, 0.2) is 0 Å². The lowest BCUT2D eigenvalue weighted by molar-refractivity contribution is 0.0310. The first-order chi connectivity index (χ1) is 6.70. The van der Waals surface area contributed by atoms with Crippen molar-refractivity contribution >= 4 is 0 Å². The van der Waals surface area contributed by atoms with Crippen molar-refractivity contribution in [1.82, 2.24) is 0 Å². The highest BCUT2D eigenvalue weighted by Crippen LogP contribution is 2.28. The molecule has 0 aromatic heterocycles. The Labute approximate surface area is 84.8 Å². The first-order valence-corrected chi connectivity index (χ1v) is 5.00. The summed E-state index contributed by atoms with van der Waals surface area (Å²) in [6.45, 7) is 5.66. The van der Waals surface area contributed by atoms with Gasteiger partial charge in [-0.2, -0.15) is 0 Å². The van der Waals surface area contributed by atoms with Crippen molar-refractivity contribution in [2.75, 3.05) is 13.2 Å². The van der Waals surface area contributed by atoms with Gasteiger partial charge >= 0.3 is 0 Å². The smallest absolute Gasteiger partial charge is 0.112 e. The van der Waals surface area contributed by atoms with E-state index in [9.17, 15) is 0 Å². The lowest BCUT2D eigenvalue weighted by atomic mass is 10.1. The van der Waals surface area contributed by atoms with Crippen LogP contribution in [0, 0.1) is 0 Å². The van der Waals surface area contributed by atoms with Gasteiger partial charge in [0.2, 0.25) is 0 Å². The predicted molar refractivity (Wildman–Crippen MR) is 55.2 cm³/mol. The minimum absolute atomic E-state index is 0.0109. The summed E-state index contributed by atoms with van der Waals surface area (Å²) in [5.41, 5.74) is 1.21. The van der Waals surface area contributed by atoms with Crippen molar-refractivity contribution in [3.8, 4) is 0 Å². The molecule has 0 N–H and O–H groups in total. The van der Waals surface area contributed by atoms with Gasteiger partial charge in [-0.25, -0.2) is 0 Å². The second kappa shape index (κ2) is 3.71. The quantitative estimate of drug-likeness (QED) is 0.684. The van der Waals surface area contributed by atoms with Crippen molar-refractivity contribution < 1.29 is 9.47 Å². The first-order valence-electron chi connectivity index (χ1n) is 5.00. The van der Waals surface area contributed by atoms with Gasteiger partial charge in [-0.1, -0.05) is 30.3 Å². The summed E-state index contributed by atoms with van der Waals surface area (Å²) in [6, 6.07) is 10.2. The van der Waals surface area contributed by atoms with E-state index in [1.165, 1.54) is 5.56 Å². The summed E-state index contributed by atoms with van der Waals surface area (Å²) in [7, 11) is 0. The highest BCUT2D eigenvalue weighted by Gasteiger charge is 2.39. The molecule has 14 heavy (non-hydrogen) atoms. The van der Waals surface area contributed by atoms with Crippen LogP contribution in [0.4, 0.5) is 0 Å². The minimum atomic E-state index is -0.0109. The molecule has 2 atom stereocenters. The van der Waals surface area contributed by atoms with E-state index in [1.54, 1.807) is 0 Å². The second-order valence-corrected chi connectivity index (χ2v) is 4.10. The van der Waals surface area contributed by atoms with Gasteiger partial charge in [0.1, 0.15) is 5.60 Å². The van der Waals surface area contributed by atoms with Crippen LogP contribution >= 0.6 is 0 Å². The molecule has 1 heterocycles. The van der Waals surface area contributed by atoms with Crippen molar-refractivity contribution in [3.05, 3.63) is 35.9 Å². The predicted octanol–water partition coefficient (Wildman–Crippen LogP) is 2.55. The van der Waals surface area contributed by atoms with Crippen LogP contribution in [-0.4, -0.2) is 18.8 Å². The van der Waals surface area contributed by atoms with Crippen molar-refractivity contribution in [2.45, 2.75) is 25.6 Å². The molecular weight excluding hydrogens is 176 g/mol. The zero-order valence-electron chi connectivity index (χ0n) is 8.69. The summed E-state index contributed by atoms with van der Waals surface area (Å²) < 4.78 is 11.0. The Bertz CT molecular complexity index is 290. The molecule has 1 aliphatic heterocycles. The number of epoxide rings is 1. The molecule has 2 rings (SSSR count). The van der Waals surface area contributed by atoms with E-state index in [1.807, 2.05) is 18.2 Å². The molecule has 1 aliphatic rings. The molecule has 1 aromatic carbocycles. The maximum absolute atomic E-state index is 5.73. The third kappa shape index (κ3) is 2.34. The highest BCUT2D eigenvalue weighted by molar-refractivity contribution is 5.16. The Morgan fingerprint density at radius 1 is 1.43 bits per heavy atom. The Morgan fingerprint density at radius 2 is 2.07 bits per heavy atom. The van der Waals surface area contributed by atoms with E-state index in [0.717, 1.165) is 6.61 Å². The third-order valence-electron chi connectivity index (χ3n) is 2.54. The highest BCUT2D eigenvalue weighted by atomic mass is 16.6. The van der Waals surface area contributed by atoms with Crippen LogP contribution in [0.15, 0.2) is 30.3 Å². The van der Waals surface area contributed by atoms with Crippen LogP contribution in [0.25, 0.3) is 0 Å². The molecule has 0 aliphatic carbocycles. The van der Waals surface area contributed by atoms with E-state index in [2.05, 4.69) is 26.0 Å². The van der Waals surface area contributed by atoms with E-state index < -0.39 is 0 Å². The van der Waals surface area contributed by atoms with Gasteiger partial charge < -0.3 is 9.47 Å². The van der Waals surface area contributed by atoms with Gasteiger partial charge in [0.25, 0.3) is 0 Å². The zero-order chi connectivity index (χ0) is 10.0. The molecule has 2 heteroatoms. The maximum Gasteiger partial charge on any atom is 0.112 e. The van der Waals surface area contributed by atoms with Crippen molar-refractivity contribution in [3.63, 3.8) is 0 Å². The molecule has 1 saturated heterocycles. The Morgan fingerprint density at radius 3 is 2.64 bits per heavy atom. The number of benzene rings is 1. The normalized spacial score (nSPS) is 27.3. The fraction of sp³-hybridized carbons (Fsp3) is 0.500. The van der Waals surface area contributed by atoms with Crippen LogP contribution in [0.2, 0.25) is 0 Å². The van der Waals surface area contributed by atoms with E-state index in [4.69, 9.17) is 9.47 Å². The lowest BCUT2D eigenvalue weighted by Gasteiger charge is -2.14. The summed E-state index contributed by atoms with van der Waals surface area (Å²) >= 11 is 0. The van der Waals surface area contributed by atoms with Gasteiger partial charge in [0, 0.05) is 0 Å². The van der Waals surface area contributed by atoms with E-state index in [-0.39, 0.29) is 11.7 Å². The van der Waals surface area contributed by atoms with Gasteiger partial charge in [0.05, 0.1) is 19.3 Å². The van der Waals surface area contributed by atoms with Crippen LogP contribution in [0.1, 0.15) is 25.5 Å². The fourth-order valence-corrected chi connectivity index (χ4v) is 1.33. The lowest BCUT2D eigenvalue weighted by Crippen LogP contribution is -2.16. The van der Waals surface area contributed by atoms with Crippen LogP contribution in [-0.2, 0) is 9.47 Å². The van der Waals surface area contributed by atoms with Crippen LogP contribution in [0.5, 0.6) is 0 Å². The number of rotatable bonds is 4. The Kier molecular flexibility index (Phi) is 2.57. The molecular formula is C12H16O2. The number of hydrogen-bond acceptors (Lipinski definition) is 2. The maximum atomic E-state index is 5.73. The SMILES string of the molecule is CC(OCC1(C)CO1)c1ccccc1. The largest absolute Gasteiger partial charge is 0.371 e. The average Bonchev–Trinajstić information content (AvgIpc) is 2.95. The monoisotopic (exact) mass is 192 g/mol. The summed E-state index contributed by atoms with van der Waals surface area (Å²) in [4.78, 5) is 0. The van der Waals surface area contributed by atoms with E-state index >= 15 is 0 Å². The van der Waals surface area contributed by atoms with E-state index in [0.29, 0.717) is 6.61 Å². The van der Waals surface area contributed by atoms with Gasteiger partial charge in [-0.05, 0) is 19.4 Å². The molecule has 1 aromatic rings. The molecule has 2 nitrogen and oxygen atoms in total. The first kappa shape index (κ1) is 9.69. The minimum Gasteiger partial charge on any atom is -0.371 e. The molecule has 0 spiro atoms. The zero-order valence-corrected chi connectivity index (χ0v) is 8.69. The fourth-order valence-electron chi connectivity index (χ4n) is 1.33. The molecule has 0 bridgehead atoms. The van der Waals surface area contributed by atoms with Crippen molar-refractivity contribution in [1.29, 1.82) is 0 Å². The molecule has 76 valence electrons. The van der Waals surface area contributed by atoms with Crippen LogP contribution < -0.4 is 0 Å². The molecule has 0 radical (unpaired) electrons. The molecule has 1 fully saturated rings. The second-order valence-electron chi connectivity index (χ2n) is 4.10. The summed E-state index contributed by atoms with van der Waals surface area (Å²) in [5, 5.41) is 0. The van der Waals surface area contributed by atoms with Crippen molar-refractivity contribution in [2.24, 2.45) is 0 Å². The van der Waals surface area contributed by atoms with Gasteiger partial charge in [-0.15, -0.1) is 0 Å². The standard InChI is InChI=1S/C12H16O2/c1-10(11-6-4-3-5-7-11)13-8-12(2)9-14-12/h3-7,10H,8-9H2,1-2H3. The number of ether oxygens (including phenoxy) is 2. The third-order valence-corrected chi connectivity index (χ3v) is 2.54. The topological polar surface area (TPSA) is 21.8 Å². The summed E-state index contributed by atoms with van der Waals surface area (Å²) in [6.07, 6.45) is 0.150. The number of hydrogen-bond donors (Lipinski definition) is 0. The average molecular weight is 192 g/mol. The molecule has 0 amide bonds. The molecule has 0 saturated carbocycles. The summed E-state index contributed by atoms with van der Waals surface area (Å²) in [5.74, 6) is 0. The van der Waals surface area contributed by atoms with Gasteiger partial charge in [-0.3, -0.25) is 0 Å². The molecule has 2 unspecified atom stereocenters. The Hall–Kier alpha value is -0.860. The Balaban J connectivity index is 1.86.